The second-order valence-electron chi connectivity index (χ2n) is 5.99. The SMILES string of the molecule is COC(=O)/C=C/c1nn(C(=O)OC(C)(C)C)c2c(OC)cccc12. The highest BCUT2D eigenvalue weighted by Crippen LogP contribution is 2.29. The molecule has 0 radical (unpaired) electrons. The number of para-hydroxylation sites is 1. The van der Waals surface area contributed by atoms with E-state index in [0.717, 1.165) is 4.68 Å². The third-order valence-corrected chi connectivity index (χ3v) is 3.06. The van der Waals surface area contributed by atoms with Crippen LogP contribution < -0.4 is 4.74 Å². The fourth-order valence-corrected chi connectivity index (χ4v) is 2.10. The number of carbonyl (C=O) groups excluding carboxylic acids is 2. The summed E-state index contributed by atoms with van der Waals surface area (Å²) in [5.41, 5.74) is 0.235. The Hall–Kier alpha value is -2.83. The molecule has 128 valence electrons. The molecule has 0 fully saturated rings. The average Bonchev–Trinajstić information content (AvgIpc) is 2.90. The third-order valence-electron chi connectivity index (χ3n) is 3.06. The monoisotopic (exact) mass is 332 g/mol. The van der Waals surface area contributed by atoms with Crippen LogP contribution in [0.3, 0.4) is 0 Å². The van der Waals surface area contributed by atoms with E-state index in [-0.39, 0.29) is 0 Å². The number of benzene rings is 1. The molecule has 7 nitrogen and oxygen atoms in total. The van der Waals surface area contributed by atoms with Crippen molar-refractivity contribution in [3.05, 3.63) is 30.0 Å². The molecule has 2 rings (SSSR count). The van der Waals surface area contributed by atoms with Gasteiger partial charge in [0.2, 0.25) is 0 Å². The normalized spacial score (nSPS) is 11.7. The summed E-state index contributed by atoms with van der Waals surface area (Å²) >= 11 is 0. The van der Waals surface area contributed by atoms with Crippen molar-refractivity contribution in [3.63, 3.8) is 0 Å². The summed E-state index contributed by atoms with van der Waals surface area (Å²) in [5, 5.41) is 4.91. The second kappa shape index (κ2) is 6.74. The van der Waals surface area contributed by atoms with E-state index in [4.69, 9.17) is 9.47 Å². The van der Waals surface area contributed by atoms with Crippen LogP contribution in [0.25, 0.3) is 17.0 Å². The first-order valence-corrected chi connectivity index (χ1v) is 7.32. The van der Waals surface area contributed by atoms with E-state index in [2.05, 4.69) is 9.84 Å². The summed E-state index contributed by atoms with van der Waals surface area (Å²) in [6.45, 7) is 5.31. The average molecular weight is 332 g/mol. The van der Waals surface area contributed by atoms with Gasteiger partial charge in [0, 0.05) is 11.5 Å². The van der Waals surface area contributed by atoms with Crippen LogP contribution in [0.15, 0.2) is 24.3 Å². The van der Waals surface area contributed by atoms with Gasteiger partial charge < -0.3 is 14.2 Å². The molecule has 0 saturated carbocycles. The Morgan fingerprint density at radius 1 is 1.21 bits per heavy atom. The Morgan fingerprint density at radius 2 is 1.92 bits per heavy atom. The number of hydrogen-bond donors (Lipinski definition) is 0. The molecule has 0 N–H and O–H groups in total. The molecule has 0 spiro atoms. The maximum absolute atomic E-state index is 12.5. The predicted octanol–water partition coefficient (Wildman–Crippen LogP) is 3.01. The van der Waals surface area contributed by atoms with Gasteiger partial charge in [-0.1, -0.05) is 12.1 Å². The van der Waals surface area contributed by atoms with Gasteiger partial charge in [0.15, 0.2) is 0 Å². The van der Waals surface area contributed by atoms with Gasteiger partial charge in [0.05, 0.1) is 19.9 Å². The fraction of sp³-hybridized carbons (Fsp3) is 0.353. The van der Waals surface area contributed by atoms with Crippen LogP contribution in [0.1, 0.15) is 26.5 Å². The predicted molar refractivity (Wildman–Crippen MR) is 89.0 cm³/mol. The van der Waals surface area contributed by atoms with Crippen molar-refractivity contribution in [1.29, 1.82) is 0 Å². The van der Waals surface area contributed by atoms with Crippen LogP contribution in [0.2, 0.25) is 0 Å². The fourth-order valence-electron chi connectivity index (χ4n) is 2.10. The first-order chi connectivity index (χ1) is 11.3. The zero-order valence-corrected chi connectivity index (χ0v) is 14.3. The summed E-state index contributed by atoms with van der Waals surface area (Å²) < 4.78 is 16.4. The molecule has 1 aromatic carbocycles. The molecule has 0 aliphatic rings. The van der Waals surface area contributed by atoms with Crippen molar-refractivity contribution in [2.45, 2.75) is 26.4 Å². The van der Waals surface area contributed by atoms with Gasteiger partial charge >= 0.3 is 12.1 Å². The van der Waals surface area contributed by atoms with Crippen LogP contribution in [-0.4, -0.2) is 41.7 Å². The number of esters is 1. The molecular weight excluding hydrogens is 312 g/mol. The van der Waals surface area contributed by atoms with E-state index in [0.29, 0.717) is 22.3 Å². The molecule has 0 saturated heterocycles. The van der Waals surface area contributed by atoms with E-state index < -0.39 is 17.7 Å². The van der Waals surface area contributed by atoms with Gasteiger partial charge in [0.25, 0.3) is 0 Å². The van der Waals surface area contributed by atoms with Crippen molar-refractivity contribution < 1.29 is 23.8 Å². The van der Waals surface area contributed by atoms with Gasteiger partial charge in [-0.2, -0.15) is 9.78 Å². The Balaban J connectivity index is 2.60. The molecule has 0 amide bonds. The molecule has 7 heteroatoms. The van der Waals surface area contributed by atoms with Crippen LogP contribution in [-0.2, 0) is 14.3 Å². The minimum absolute atomic E-state index is 0.431. The largest absolute Gasteiger partial charge is 0.494 e. The van der Waals surface area contributed by atoms with E-state index >= 15 is 0 Å². The Labute approximate surface area is 139 Å². The van der Waals surface area contributed by atoms with Gasteiger partial charge in [-0.05, 0) is 32.9 Å². The second-order valence-corrected chi connectivity index (χ2v) is 5.99. The lowest BCUT2D eigenvalue weighted by Gasteiger charge is -2.19. The van der Waals surface area contributed by atoms with E-state index in [1.54, 1.807) is 39.0 Å². The lowest BCUT2D eigenvalue weighted by molar-refractivity contribution is -0.134. The van der Waals surface area contributed by atoms with Crippen LogP contribution in [0.4, 0.5) is 4.79 Å². The standard InChI is InChI=1S/C17H20N2O5/c1-17(2,3)24-16(21)19-15-11(7-6-8-13(15)22-4)12(18-19)9-10-14(20)23-5/h6-10H,1-5H3/b10-9+. The number of hydrogen-bond acceptors (Lipinski definition) is 6. The summed E-state index contributed by atoms with van der Waals surface area (Å²) in [5.74, 6) is -0.0403. The molecule has 0 unspecified atom stereocenters. The number of nitrogens with zero attached hydrogens (tertiary/aromatic N) is 2. The molecule has 0 aliphatic heterocycles. The number of aromatic nitrogens is 2. The summed E-state index contributed by atoms with van der Waals surface area (Å²) in [6.07, 6.45) is 2.09. The van der Waals surface area contributed by atoms with Gasteiger partial charge in [-0.3, -0.25) is 0 Å². The maximum Gasteiger partial charge on any atom is 0.435 e. The first kappa shape index (κ1) is 17.5. The Bertz CT molecular complexity index is 799. The Morgan fingerprint density at radius 3 is 2.50 bits per heavy atom. The summed E-state index contributed by atoms with van der Waals surface area (Å²) in [4.78, 5) is 23.8. The van der Waals surface area contributed by atoms with Gasteiger partial charge in [-0.25, -0.2) is 9.59 Å². The van der Waals surface area contributed by atoms with Crippen LogP contribution in [0, 0.1) is 0 Å². The topological polar surface area (TPSA) is 79.7 Å². The number of ether oxygens (including phenoxy) is 3. The van der Waals surface area contributed by atoms with E-state index in [1.807, 2.05) is 0 Å². The first-order valence-electron chi connectivity index (χ1n) is 7.32. The van der Waals surface area contributed by atoms with Crippen LogP contribution in [0.5, 0.6) is 5.75 Å². The molecule has 0 bridgehead atoms. The van der Waals surface area contributed by atoms with Crippen molar-refractivity contribution in [1.82, 2.24) is 9.78 Å². The molecule has 24 heavy (non-hydrogen) atoms. The van der Waals surface area contributed by atoms with Gasteiger partial charge in [0.1, 0.15) is 16.9 Å². The highest BCUT2D eigenvalue weighted by molar-refractivity contribution is 5.98. The van der Waals surface area contributed by atoms with Crippen molar-refractivity contribution in [2.24, 2.45) is 0 Å². The zero-order chi connectivity index (χ0) is 17.9. The summed E-state index contributed by atoms with van der Waals surface area (Å²) in [7, 11) is 2.79. The quantitative estimate of drug-likeness (QED) is 0.635. The molecule has 0 atom stereocenters. The van der Waals surface area contributed by atoms with Gasteiger partial charge in [-0.15, -0.1) is 0 Å². The highest BCUT2D eigenvalue weighted by Gasteiger charge is 2.23. The van der Waals surface area contributed by atoms with Crippen LogP contribution >= 0.6 is 0 Å². The molecule has 1 heterocycles. The van der Waals surface area contributed by atoms with E-state index in [1.165, 1.54) is 26.4 Å². The number of methoxy groups -OCH3 is 2. The minimum atomic E-state index is -0.667. The maximum atomic E-state index is 12.5. The lowest BCUT2D eigenvalue weighted by Crippen LogP contribution is -2.27. The van der Waals surface area contributed by atoms with Crippen molar-refractivity contribution in [2.75, 3.05) is 14.2 Å². The molecule has 2 aromatic rings. The number of rotatable bonds is 3. The Kier molecular flexibility index (Phi) is 4.92. The number of carbonyl (C=O) groups is 2. The smallest absolute Gasteiger partial charge is 0.435 e. The molecule has 0 aliphatic carbocycles. The van der Waals surface area contributed by atoms with Crippen molar-refractivity contribution in [3.8, 4) is 5.75 Å². The molecular formula is C17H20N2O5. The number of fused-ring (bicyclic) bond motifs is 1. The zero-order valence-electron chi connectivity index (χ0n) is 14.3. The molecule has 1 aromatic heterocycles. The minimum Gasteiger partial charge on any atom is -0.494 e. The highest BCUT2D eigenvalue weighted by atomic mass is 16.6. The van der Waals surface area contributed by atoms with Crippen molar-refractivity contribution >= 4 is 29.0 Å². The lowest BCUT2D eigenvalue weighted by atomic mass is 10.2. The third kappa shape index (κ3) is 3.73. The van der Waals surface area contributed by atoms with E-state index in [9.17, 15) is 9.59 Å². The summed E-state index contributed by atoms with van der Waals surface area (Å²) in [6, 6.07) is 5.28.